The highest BCUT2D eigenvalue weighted by molar-refractivity contribution is 9.10. The largest absolute Gasteiger partial charge is 0.376 e. The lowest BCUT2D eigenvalue weighted by atomic mass is 10.2. The normalized spacial score (nSPS) is 12.4. The smallest absolute Gasteiger partial charge is 0.115 e. The van der Waals surface area contributed by atoms with E-state index in [4.69, 9.17) is 0 Å². The van der Waals surface area contributed by atoms with E-state index in [1.807, 2.05) is 11.6 Å². The topological polar surface area (TPSA) is 24.9 Å². The van der Waals surface area contributed by atoms with Crippen LogP contribution in [0.3, 0.4) is 0 Å². The SMILES string of the molecule is Cc1cc(NC(C)c2nccs2)ccc1Br. The Labute approximate surface area is 108 Å². The fourth-order valence-electron chi connectivity index (χ4n) is 1.49. The monoisotopic (exact) mass is 296 g/mol. The lowest BCUT2D eigenvalue weighted by molar-refractivity contribution is 0.869. The first-order valence-corrected chi connectivity index (χ1v) is 6.76. The van der Waals surface area contributed by atoms with Crippen LogP contribution in [0.15, 0.2) is 34.2 Å². The molecule has 0 spiro atoms. The Morgan fingerprint density at radius 2 is 2.25 bits per heavy atom. The van der Waals surface area contributed by atoms with Gasteiger partial charge in [-0.15, -0.1) is 11.3 Å². The summed E-state index contributed by atoms with van der Waals surface area (Å²) in [5, 5.41) is 6.55. The van der Waals surface area contributed by atoms with Crippen LogP contribution in [0.5, 0.6) is 0 Å². The molecule has 0 aliphatic carbocycles. The standard InChI is InChI=1S/C12H13BrN2S/c1-8-7-10(3-4-11(8)13)15-9(2)12-14-5-6-16-12/h3-7,9,15H,1-2H3. The van der Waals surface area contributed by atoms with Crippen LogP contribution in [0, 0.1) is 6.92 Å². The highest BCUT2D eigenvalue weighted by Gasteiger charge is 2.07. The summed E-state index contributed by atoms with van der Waals surface area (Å²) in [6, 6.07) is 6.52. The van der Waals surface area contributed by atoms with Crippen molar-refractivity contribution in [3.8, 4) is 0 Å². The Kier molecular flexibility index (Phi) is 3.61. The number of anilines is 1. The zero-order valence-corrected chi connectivity index (χ0v) is 11.6. The van der Waals surface area contributed by atoms with Crippen molar-refractivity contribution >= 4 is 33.0 Å². The van der Waals surface area contributed by atoms with Gasteiger partial charge in [-0.05, 0) is 37.6 Å². The molecule has 0 aliphatic heterocycles. The molecule has 1 unspecified atom stereocenters. The number of nitrogens with zero attached hydrogens (tertiary/aromatic N) is 1. The number of hydrogen-bond donors (Lipinski definition) is 1. The minimum absolute atomic E-state index is 0.251. The molecule has 84 valence electrons. The molecule has 1 aromatic carbocycles. The number of rotatable bonds is 3. The molecule has 1 N–H and O–H groups in total. The molecule has 0 saturated carbocycles. The highest BCUT2D eigenvalue weighted by atomic mass is 79.9. The first-order chi connectivity index (χ1) is 7.66. The number of benzene rings is 1. The van der Waals surface area contributed by atoms with E-state index in [-0.39, 0.29) is 6.04 Å². The first kappa shape index (κ1) is 11.6. The molecule has 2 rings (SSSR count). The van der Waals surface area contributed by atoms with Crippen LogP contribution in [-0.2, 0) is 0 Å². The molecule has 0 radical (unpaired) electrons. The average molecular weight is 297 g/mol. The number of halogens is 1. The second kappa shape index (κ2) is 4.97. The van der Waals surface area contributed by atoms with Crippen molar-refractivity contribution in [1.82, 2.24) is 4.98 Å². The fraction of sp³-hybridized carbons (Fsp3) is 0.250. The fourth-order valence-corrected chi connectivity index (χ4v) is 2.39. The van der Waals surface area contributed by atoms with Crippen molar-refractivity contribution in [1.29, 1.82) is 0 Å². The van der Waals surface area contributed by atoms with Crippen molar-refractivity contribution in [2.24, 2.45) is 0 Å². The molecule has 2 aromatic rings. The van der Waals surface area contributed by atoms with Crippen LogP contribution < -0.4 is 5.32 Å². The molecule has 0 amide bonds. The maximum atomic E-state index is 4.30. The van der Waals surface area contributed by atoms with E-state index in [0.717, 1.165) is 15.2 Å². The lowest BCUT2D eigenvalue weighted by Gasteiger charge is -2.13. The molecule has 0 saturated heterocycles. The van der Waals surface area contributed by atoms with Gasteiger partial charge in [0.1, 0.15) is 5.01 Å². The van der Waals surface area contributed by atoms with E-state index in [2.05, 4.69) is 58.3 Å². The minimum Gasteiger partial charge on any atom is -0.376 e. The summed E-state index contributed by atoms with van der Waals surface area (Å²) in [5.74, 6) is 0. The van der Waals surface area contributed by atoms with E-state index >= 15 is 0 Å². The quantitative estimate of drug-likeness (QED) is 0.909. The Bertz CT molecular complexity index is 468. The van der Waals surface area contributed by atoms with Crippen LogP contribution in [-0.4, -0.2) is 4.98 Å². The van der Waals surface area contributed by atoms with Crippen LogP contribution in [0.25, 0.3) is 0 Å². The predicted molar refractivity (Wildman–Crippen MR) is 73.0 cm³/mol. The third kappa shape index (κ3) is 2.62. The molecule has 1 aromatic heterocycles. The molecule has 4 heteroatoms. The van der Waals surface area contributed by atoms with E-state index < -0.39 is 0 Å². The molecular weight excluding hydrogens is 284 g/mol. The highest BCUT2D eigenvalue weighted by Crippen LogP contribution is 2.24. The summed E-state index contributed by atoms with van der Waals surface area (Å²) in [4.78, 5) is 4.30. The zero-order valence-electron chi connectivity index (χ0n) is 9.20. The van der Waals surface area contributed by atoms with Gasteiger partial charge in [0.15, 0.2) is 0 Å². The molecule has 16 heavy (non-hydrogen) atoms. The number of aromatic nitrogens is 1. The zero-order chi connectivity index (χ0) is 11.5. The molecule has 0 aliphatic rings. The van der Waals surface area contributed by atoms with Gasteiger partial charge >= 0.3 is 0 Å². The van der Waals surface area contributed by atoms with Gasteiger partial charge in [-0.1, -0.05) is 15.9 Å². The molecule has 0 fully saturated rings. The second-order valence-corrected chi connectivity index (χ2v) is 5.48. The second-order valence-electron chi connectivity index (χ2n) is 3.70. The molecule has 1 atom stereocenters. The van der Waals surface area contributed by atoms with Gasteiger partial charge in [0.25, 0.3) is 0 Å². The number of thiazole rings is 1. The van der Waals surface area contributed by atoms with E-state index in [1.54, 1.807) is 11.3 Å². The Hall–Kier alpha value is -0.870. The predicted octanol–water partition coefficient (Wildman–Crippen LogP) is 4.39. The van der Waals surface area contributed by atoms with E-state index in [1.165, 1.54) is 5.56 Å². The van der Waals surface area contributed by atoms with E-state index in [0.29, 0.717) is 0 Å². The summed E-state index contributed by atoms with van der Waals surface area (Å²) in [6.07, 6.45) is 1.84. The summed E-state index contributed by atoms with van der Waals surface area (Å²) in [6.45, 7) is 4.21. The molecule has 0 bridgehead atoms. The molecule has 1 heterocycles. The van der Waals surface area contributed by atoms with Gasteiger partial charge in [0.2, 0.25) is 0 Å². The number of aryl methyl sites for hydroxylation is 1. The van der Waals surface area contributed by atoms with Crippen molar-refractivity contribution in [3.63, 3.8) is 0 Å². The van der Waals surface area contributed by atoms with Crippen molar-refractivity contribution in [2.45, 2.75) is 19.9 Å². The third-order valence-electron chi connectivity index (χ3n) is 2.36. The minimum atomic E-state index is 0.251. The van der Waals surface area contributed by atoms with Gasteiger partial charge in [-0.3, -0.25) is 0 Å². The van der Waals surface area contributed by atoms with Gasteiger partial charge in [0.05, 0.1) is 6.04 Å². The van der Waals surface area contributed by atoms with E-state index in [9.17, 15) is 0 Å². The van der Waals surface area contributed by atoms with Gasteiger partial charge < -0.3 is 5.32 Å². The Balaban J connectivity index is 2.12. The number of hydrogen-bond acceptors (Lipinski definition) is 3. The van der Waals surface area contributed by atoms with Crippen LogP contribution in [0.2, 0.25) is 0 Å². The summed E-state index contributed by atoms with van der Waals surface area (Å²) in [7, 11) is 0. The Morgan fingerprint density at radius 1 is 1.44 bits per heavy atom. The number of nitrogens with one attached hydrogen (secondary N) is 1. The lowest BCUT2D eigenvalue weighted by Crippen LogP contribution is -2.06. The summed E-state index contributed by atoms with van der Waals surface area (Å²) >= 11 is 5.17. The summed E-state index contributed by atoms with van der Waals surface area (Å²) in [5.41, 5.74) is 2.36. The van der Waals surface area contributed by atoms with Crippen molar-refractivity contribution in [2.75, 3.05) is 5.32 Å². The third-order valence-corrected chi connectivity index (χ3v) is 4.21. The maximum Gasteiger partial charge on any atom is 0.115 e. The first-order valence-electron chi connectivity index (χ1n) is 5.09. The summed E-state index contributed by atoms with van der Waals surface area (Å²) < 4.78 is 1.14. The molecule has 2 nitrogen and oxygen atoms in total. The Morgan fingerprint density at radius 3 is 2.88 bits per heavy atom. The van der Waals surface area contributed by atoms with Crippen LogP contribution >= 0.6 is 27.3 Å². The van der Waals surface area contributed by atoms with Crippen LogP contribution in [0.4, 0.5) is 5.69 Å². The average Bonchev–Trinajstić information content (AvgIpc) is 2.77. The van der Waals surface area contributed by atoms with Crippen LogP contribution in [0.1, 0.15) is 23.5 Å². The van der Waals surface area contributed by atoms with Crippen molar-refractivity contribution in [3.05, 3.63) is 44.8 Å². The molecular formula is C12H13BrN2S. The van der Waals surface area contributed by atoms with Gasteiger partial charge in [-0.2, -0.15) is 0 Å². The van der Waals surface area contributed by atoms with Gasteiger partial charge in [0, 0.05) is 21.7 Å². The maximum absolute atomic E-state index is 4.30. The van der Waals surface area contributed by atoms with Gasteiger partial charge in [-0.25, -0.2) is 4.98 Å². The van der Waals surface area contributed by atoms with Crippen molar-refractivity contribution < 1.29 is 0 Å².